The van der Waals surface area contributed by atoms with Crippen molar-refractivity contribution >= 4 is 19.9 Å². The summed E-state index contributed by atoms with van der Waals surface area (Å²) < 4.78 is 67.9. The van der Waals surface area contributed by atoms with Crippen LogP contribution in [0.15, 0.2) is 28.0 Å². The summed E-state index contributed by atoms with van der Waals surface area (Å²) in [5.74, 6) is -1.01. The molecule has 0 radical (unpaired) electrons. The third-order valence-electron chi connectivity index (χ3n) is 2.73. The van der Waals surface area contributed by atoms with Crippen LogP contribution in [0.3, 0.4) is 0 Å². The summed E-state index contributed by atoms with van der Waals surface area (Å²) in [4.78, 5) is -0.941. The van der Waals surface area contributed by atoms with E-state index in [0.29, 0.717) is 13.0 Å². The van der Waals surface area contributed by atoms with Crippen LogP contribution >= 0.6 is 0 Å². The minimum Gasteiger partial charge on any atom is -0.385 e. The van der Waals surface area contributed by atoms with Gasteiger partial charge in [-0.25, -0.2) is 25.9 Å². The number of hydrogen-bond donors (Lipinski definition) is 1. The number of halogens is 1. The Hall–Kier alpha value is -1.03. The molecule has 0 fully saturated rings. The van der Waals surface area contributed by atoms with E-state index in [1.807, 2.05) is 0 Å². The van der Waals surface area contributed by atoms with Crippen LogP contribution in [-0.2, 0) is 24.6 Å². The van der Waals surface area contributed by atoms with Gasteiger partial charge in [0.25, 0.3) is 0 Å². The topological polar surface area (TPSA) is 89.5 Å². The van der Waals surface area contributed by atoms with E-state index < -0.39 is 36.6 Å². The number of sulfone groups is 1. The van der Waals surface area contributed by atoms with Crippen molar-refractivity contribution in [2.45, 2.75) is 29.2 Å². The second-order valence-electron chi connectivity index (χ2n) is 4.67. The molecule has 21 heavy (non-hydrogen) atoms. The molecule has 1 aromatic rings. The van der Waals surface area contributed by atoms with Crippen molar-refractivity contribution in [3.8, 4) is 0 Å². The van der Waals surface area contributed by atoms with Crippen molar-refractivity contribution in [3.63, 3.8) is 0 Å². The van der Waals surface area contributed by atoms with Crippen molar-refractivity contribution in [1.82, 2.24) is 4.72 Å². The van der Waals surface area contributed by atoms with Gasteiger partial charge in [0.05, 0.1) is 4.90 Å². The molecular weight excluding hydrogens is 321 g/mol. The van der Waals surface area contributed by atoms with Crippen molar-refractivity contribution < 1.29 is 26.0 Å². The molecule has 0 amide bonds. The molecule has 0 saturated carbocycles. The molecule has 0 spiro atoms. The van der Waals surface area contributed by atoms with Gasteiger partial charge in [-0.1, -0.05) is 0 Å². The molecule has 0 saturated heterocycles. The molecule has 6 nitrogen and oxygen atoms in total. The van der Waals surface area contributed by atoms with Gasteiger partial charge in [0, 0.05) is 26.0 Å². The first kappa shape index (κ1) is 18.0. The van der Waals surface area contributed by atoms with Crippen LogP contribution < -0.4 is 4.72 Å². The summed E-state index contributed by atoms with van der Waals surface area (Å²) in [7, 11) is -6.29. The van der Waals surface area contributed by atoms with Crippen LogP contribution in [0.25, 0.3) is 0 Å². The lowest BCUT2D eigenvalue weighted by Gasteiger charge is -2.14. The van der Waals surface area contributed by atoms with E-state index in [2.05, 4.69) is 4.72 Å². The Bertz CT molecular complexity index is 700. The molecule has 0 aliphatic heterocycles. The Balaban J connectivity index is 3.14. The second-order valence-corrected chi connectivity index (χ2v) is 8.37. The average Bonchev–Trinajstić information content (AvgIpc) is 2.34. The minimum absolute atomic E-state index is 0.256. The highest BCUT2D eigenvalue weighted by atomic mass is 32.2. The Morgan fingerprint density at radius 2 is 1.90 bits per heavy atom. The minimum atomic E-state index is -4.15. The molecule has 1 atom stereocenters. The van der Waals surface area contributed by atoms with E-state index in [1.165, 1.54) is 7.11 Å². The molecule has 0 aliphatic rings. The summed E-state index contributed by atoms with van der Waals surface area (Å²) in [6, 6.07) is 2.19. The molecule has 0 aliphatic carbocycles. The standard InChI is InChI=1S/C12H18FNO5S2/c1-9(6-7-19-2)14-21(17,18)12-8-10(20(3,15)16)4-5-11(12)13/h4-5,8-9,14H,6-7H2,1-3H3. The Kier molecular flexibility index (Phi) is 5.85. The zero-order valence-corrected chi connectivity index (χ0v) is 13.6. The van der Waals surface area contributed by atoms with Crippen molar-refractivity contribution in [1.29, 1.82) is 0 Å². The van der Waals surface area contributed by atoms with Crippen LogP contribution in [0.4, 0.5) is 4.39 Å². The molecule has 1 aromatic carbocycles. The summed E-state index contributed by atoms with van der Waals surface area (Å²) in [6.45, 7) is 1.95. The Morgan fingerprint density at radius 1 is 1.29 bits per heavy atom. The van der Waals surface area contributed by atoms with Crippen LogP contribution in [0.5, 0.6) is 0 Å². The van der Waals surface area contributed by atoms with Gasteiger partial charge in [-0.15, -0.1) is 0 Å². The number of rotatable bonds is 7. The number of nitrogens with one attached hydrogen (secondary N) is 1. The van der Waals surface area contributed by atoms with E-state index in [1.54, 1.807) is 6.92 Å². The van der Waals surface area contributed by atoms with E-state index >= 15 is 0 Å². The molecule has 1 N–H and O–H groups in total. The normalized spacial score (nSPS) is 14.1. The molecule has 1 unspecified atom stereocenters. The summed E-state index contributed by atoms with van der Waals surface area (Å²) >= 11 is 0. The summed E-state index contributed by atoms with van der Waals surface area (Å²) in [5.41, 5.74) is 0. The zero-order valence-electron chi connectivity index (χ0n) is 12.0. The molecule has 0 aromatic heterocycles. The van der Waals surface area contributed by atoms with Crippen LogP contribution in [0.2, 0.25) is 0 Å². The fourth-order valence-electron chi connectivity index (χ4n) is 1.60. The fourth-order valence-corrected chi connectivity index (χ4v) is 3.71. The molecule has 120 valence electrons. The van der Waals surface area contributed by atoms with E-state index in [4.69, 9.17) is 4.74 Å². The number of hydrogen-bond acceptors (Lipinski definition) is 5. The third kappa shape index (κ3) is 5.03. The number of methoxy groups -OCH3 is 1. The summed E-state index contributed by atoms with van der Waals surface area (Å²) in [6.07, 6.45) is 1.33. The SMILES string of the molecule is COCCC(C)NS(=O)(=O)c1cc(S(C)(=O)=O)ccc1F. The smallest absolute Gasteiger partial charge is 0.243 e. The van der Waals surface area contributed by atoms with Crippen molar-refractivity contribution in [3.05, 3.63) is 24.0 Å². The van der Waals surface area contributed by atoms with Crippen LogP contribution in [-0.4, -0.2) is 42.8 Å². The lowest BCUT2D eigenvalue weighted by molar-refractivity contribution is 0.188. The number of sulfonamides is 1. The quantitative estimate of drug-likeness (QED) is 0.747. The largest absolute Gasteiger partial charge is 0.385 e. The predicted molar refractivity (Wildman–Crippen MR) is 75.8 cm³/mol. The highest BCUT2D eigenvalue weighted by Gasteiger charge is 2.23. The third-order valence-corrected chi connectivity index (χ3v) is 5.45. The Labute approximate surface area is 124 Å². The first-order valence-electron chi connectivity index (χ1n) is 6.09. The van der Waals surface area contributed by atoms with Gasteiger partial charge in [0.1, 0.15) is 10.7 Å². The zero-order chi connectivity index (χ0) is 16.3. The predicted octanol–water partition coefficient (Wildman–Crippen LogP) is 0.932. The first-order chi connectivity index (χ1) is 9.58. The van der Waals surface area contributed by atoms with E-state index in [0.717, 1.165) is 24.5 Å². The number of ether oxygens (including phenoxy) is 1. The number of benzene rings is 1. The van der Waals surface area contributed by atoms with Crippen molar-refractivity contribution in [2.75, 3.05) is 20.0 Å². The first-order valence-corrected chi connectivity index (χ1v) is 9.46. The van der Waals surface area contributed by atoms with Gasteiger partial charge in [0.15, 0.2) is 9.84 Å². The highest BCUT2D eigenvalue weighted by Crippen LogP contribution is 2.20. The Morgan fingerprint density at radius 3 is 2.43 bits per heavy atom. The molecule has 9 heteroatoms. The second kappa shape index (κ2) is 6.82. The van der Waals surface area contributed by atoms with Crippen LogP contribution in [0.1, 0.15) is 13.3 Å². The van der Waals surface area contributed by atoms with E-state index in [-0.39, 0.29) is 4.90 Å². The molecular formula is C12H18FNO5S2. The van der Waals surface area contributed by atoms with Gasteiger partial charge in [-0.05, 0) is 31.5 Å². The van der Waals surface area contributed by atoms with E-state index in [9.17, 15) is 21.2 Å². The van der Waals surface area contributed by atoms with Crippen LogP contribution in [0, 0.1) is 5.82 Å². The lowest BCUT2D eigenvalue weighted by atomic mass is 10.3. The fraction of sp³-hybridized carbons (Fsp3) is 0.500. The van der Waals surface area contributed by atoms with Gasteiger partial charge in [-0.3, -0.25) is 0 Å². The molecule has 1 rings (SSSR count). The molecule has 0 heterocycles. The summed E-state index contributed by atoms with van der Waals surface area (Å²) in [5, 5.41) is 0. The highest BCUT2D eigenvalue weighted by molar-refractivity contribution is 7.91. The maximum Gasteiger partial charge on any atom is 0.243 e. The van der Waals surface area contributed by atoms with Crippen molar-refractivity contribution in [2.24, 2.45) is 0 Å². The van der Waals surface area contributed by atoms with Gasteiger partial charge < -0.3 is 4.74 Å². The lowest BCUT2D eigenvalue weighted by Crippen LogP contribution is -2.34. The average molecular weight is 339 g/mol. The van der Waals surface area contributed by atoms with Gasteiger partial charge in [0.2, 0.25) is 10.0 Å². The molecule has 0 bridgehead atoms. The maximum atomic E-state index is 13.7. The van der Waals surface area contributed by atoms with Gasteiger partial charge in [-0.2, -0.15) is 0 Å². The monoisotopic (exact) mass is 339 g/mol. The van der Waals surface area contributed by atoms with Gasteiger partial charge >= 0.3 is 0 Å². The maximum absolute atomic E-state index is 13.7.